The number of hydrogen-bond donors (Lipinski definition) is 1. The van der Waals surface area contributed by atoms with E-state index in [0.717, 1.165) is 21.7 Å². The maximum Gasteiger partial charge on any atom is 0.244 e. The lowest BCUT2D eigenvalue weighted by atomic mass is 10.0. The molecule has 0 aliphatic carbocycles. The van der Waals surface area contributed by atoms with E-state index in [1.807, 2.05) is 51.1 Å². The molecule has 0 unspecified atom stereocenters. The van der Waals surface area contributed by atoms with Crippen molar-refractivity contribution < 1.29 is 27.1 Å². The second-order valence-electron chi connectivity index (χ2n) is 11.0. The van der Waals surface area contributed by atoms with Crippen LogP contribution in [0, 0.1) is 12.7 Å². The highest BCUT2D eigenvalue weighted by molar-refractivity contribution is 7.92. The summed E-state index contributed by atoms with van der Waals surface area (Å²) in [7, 11) is -2.53. The van der Waals surface area contributed by atoms with Gasteiger partial charge in [0.25, 0.3) is 0 Å². The number of nitrogens with one attached hydrogen (secondary N) is 1. The number of benzene rings is 3. The molecular formula is C31H38FN3O5S. The number of carbonyl (C=O) groups is 2. The molecule has 1 N–H and O–H groups in total. The highest BCUT2D eigenvalue weighted by atomic mass is 32.2. The smallest absolute Gasteiger partial charge is 0.244 e. The molecule has 41 heavy (non-hydrogen) atoms. The zero-order valence-electron chi connectivity index (χ0n) is 24.3. The number of nitrogens with zero attached hydrogens (tertiary/aromatic N) is 2. The monoisotopic (exact) mass is 583 g/mol. The number of anilines is 1. The molecule has 3 rings (SSSR count). The van der Waals surface area contributed by atoms with E-state index in [1.165, 1.54) is 36.3 Å². The molecular weight excluding hydrogens is 545 g/mol. The minimum absolute atomic E-state index is 0.0449. The molecule has 0 saturated carbocycles. The summed E-state index contributed by atoms with van der Waals surface area (Å²) in [4.78, 5) is 29.3. The maximum absolute atomic E-state index is 14.2. The van der Waals surface area contributed by atoms with E-state index < -0.39 is 45.8 Å². The fourth-order valence-corrected chi connectivity index (χ4v) is 5.23. The third kappa shape index (κ3) is 9.04. The van der Waals surface area contributed by atoms with Crippen LogP contribution in [0.25, 0.3) is 0 Å². The van der Waals surface area contributed by atoms with E-state index >= 15 is 0 Å². The summed E-state index contributed by atoms with van der Waals surface area (Å²) in [5.41, 5.74) is 1.80. The van der Waals surface area contributed by atoms with Gasteiger partial charge in [-0.25, -0.2) is 12.8 Å². The predicted molar refractivity (Wildman–Crippen MR) is 159 cm³/mol. The highest BCUT2D eigenvalue weighted by Crippen LogP contribution is 2.31. The van der Waals surface area contributed by atoms with Crippen molar-refractivity contribution in [1.82, 2.24) is 10.2 Å². The highest BCUT2D eigenvalue weighted by Gasteiger charge is 2.35. The maximum atomic E-state index is 14.2. The van der Waals surface area contributed by atoms with Crippen molar-refractivity contribution >= 4 is 27.5 Å². The number of sulfonamides is 1. The Bertz CT molecular complexity index is 1460. The van der Waals surface area contributed by atoms with Crippen molar-refractivity contribution in [3.05, 3.63) is 95.3 Å². The molecule has 10 heteroatoms. The second kappa shape index (κ2) is 13.2. The molecule has 0 heterocycles. The number of carbonyl (C=O) groups excluding carboxylic acids is 2. The Hall–Kier alpha value is -3.92. The lowest BCUT2D eigenvalue weighted by Crippen LogP contribution is -2.56. The molecule has 3 aromatic carbocycles. The fourth-order valence-electron chi connectivity index (χ4n) is 4.38. The molecule has 0 aliphatic rings. The number of methoxy groups -OCH3 is 1. The number of halogens is 1. The first kappa shape index (κ1) is 31.6. The summed E-state index contributed by atoms with van der Waals surface area (Å²) >= 11 is 0. The zero-order chi connectivity index (χ0) is 30.4. The van der Waals surface area contributed by atoms with Crippen LogP contribution in [0.1, 0.15) is 37.5 Å². The van der Waals surface area contributed by atoms with Crippen LogP contribution in [-0.2, 0) is 32.6 Å². The number of rotatable bonds is 11. The lowest BCUT2D eigenvalue weighted by molar-refractivity contribution is -0.140. The predicted octanol–water partition coefficient (Wildman–Crippen LogP) is 4.46. The van der Waals surface area contributed by atoms with Gasteiger partial charge in [-0.3, -0.25) is 13.9 Å². The minimum atomic E-state index is -3.95. The normalized spacial score (nSPS) is 12.4. The Morgan fingerprint density at radius 1 is 0.976 bits per heavy atom. The number of aryl methyl sites for hydroxylation is 1. The van der Waals surface area contributed by atoms with Crippen LogP contribution in [0.3, 0.4) is 0 Å². The summed E-state index contributed by atoms with van der Waals surface area (Å²) in [6.45, 7) is 6.70. The van der Waals surface area contributed by atoms with Crippen LogP contribution in [0.15, 0.2) is 72.8 Å². The first-order valence-electron chi connectivity index (χ1n) is 13.2. The van der Waals surface area contributed by atoms with E-state index in [0.29, 0.717) is 5.56 Å². The Kier molecular flexibility index (Phi) is 10.1. The van der Waals surface area contributed by atoms with Gasteiger partial charge in [-0.1, -0.05) is 48.5 Å². The van der Waals surface area contributed by atoms with Gasteiger partial charge in [0.1, 0.15) is 24.2 Å². The molecule has 8 nitrogen and oxygen atoms in total. The Morgan fingerprint density at radius 2 is 1.61 bits per heavy atom. The van der Waals surface area contributed by atoms with Crippen LogP contribution in [0.5, 0.6) is 5.75 Å². The van der Waals surface area contributed by atoms with Gasteiger partial charge >= 0.3 is 0 Å². The second-order valence-corrected chi connectivity index (χ2v) is 12.9. The first-order chi connectivity index (χ1) is 19.2. The van der Waals surface area contributed by atoms with E-state index in [2.05, 4.69) is 5.32 Å². The Morgan fingerprint density at radius 3 is 2.17 bits per heavy atom. The van der Waals surface area contributed by atoms with Crippen LogP contribution in [0.4, 0.5) is 10.1 Å². The molecule has 0 aliphatic heterocycles. The van der Waals surface area contributed by atoms with E-state index in [-0.39, 0.29) is 24.4 Å². The molecule has 0 bridgehead atoms. The summed E-state index contributed by atoms with van der Waals surface area (Å²) in [5.74, 6) is -1.15. The van der Waals surface area contributed by atoms with Crippen molar-refractivity contribution in [3.8, 4) is 5.75 Å². The van der Waals surface area contributed by atoms with Crippen LogP contribution in [0.2, 0.25) is 0 Å². The van der Waals surface area contributed by atoms with Crippen LogP contribution in [-0.4, -0.2) is 56.6 Å². The largest absolute Gasteiger partial charge is 0.495 e. The van der Waals surface area contributed by atoms with Crippen LogP contribution >= 0.6 is 0 Å². The molecule has 220 valence electrons. The Labute approximate surface area is 242 Å². The quantitative estimate of drug-likeness (QED) is 0.360. The summed E-state index contributed by atoms with van der Waals surface area (Å²) in [6.07, 6.45) is 1.20. The molecule has 0 radical (unpaired) electrons. The van der Waals surface area contributed by atoms with Crippen molar-refractivity contribution in [2.24, 2.45) is 0 Å². The molecule has 0 saturated heterocycles. The SMILES string of the molecule is COc1ccc(C)cc1N(CC(=O)N(Cc1ccc(F)cc1)[C@@H](Cc1ccccc1)C(=O)NC(C)(C)C)S(C)(=O)=O. The summed E-state index contributed by atoms with van der Waals surface area (Å²) in [6, 6.07) is 18.9. The number of amides is 2. The van der Waals surface area contributed by atoms with Crippen molar-refractivity contribution in [2.75, 3.05) is 24.2 Å². The van der Waals surface area contributed by atoms with Gasteiger partial charge in [0.2, 0.25) is 21.8 Å². The lowest BCUT2D eigenvalue weighted by Gasteiger charge is -2.35. The molecule has 0 spiro atoms. The minimum Gasteiger partial charge on any atom is -0.495 e. The van der Waals surface area contributed by atoms with Crippen LogP contribution < -0.4 is 14.4 Å². The van der Waals surface area contributed by atoms with Gasteiger partial charge in [-0.05, 0) is 68.7 Å². The molecule has 0 fully saturated rings. The molecule has 0 aromatic heterocycles. The van der Waals surface area contributed by atoms with Crippen molar-refractivity contribution in [2.45, 2.75) is 52.2 Å². The van der Waals surface area contributed by atoms with E-state index in [4.69, 9.17) is 4.74 Å². The van der Waals surface area contributed by atoms with Gasteiger partial charge < -0.3 is 15.0 Å². The van der Waals surface area contributed by atoms with Gasteiger partial charge in [-0.2, -0.15) is 0 Å². The van der Waals surface area contributed by atoms with Crippen molar-refractivity contribution in [3.63, 3.8) is 0 Å². The third-order valence-electron chi connectivity index (χ3n) is 6.32. The molecule has 3 aromatic rings. The third-order valence-corrected chi connectivity index (χ3v) is 7.44. The molecule has 2 amide bonds. The first-order valence-corrected chi connectivity index (χ1v) is 15.0. The Balaban J connectivity index is 2.11. The average Bonchev–Trinajstić information content (AvgIpc) is 2.89. The number of hydrogen-bond acceptors (Lipinski definition) is 5. The van der Waals surface area contributed by atoms with E-state index in [9.17, 15) is 22.4 Å². The van der Waals surface area contributed by atoms with Crippen molar-refractivity contribution in [1.29, 1.82) is 0 Å². The fraction of sp³-hybridized carbons (Fsp3) is 0.355. The number of ether oxygens (including phenoxy) is 1. The van der Waals surface area contributed by atoms with Gasteiger partial charge in [-0.15, -0.1) is 0 Å². The molecule has 1 atom stereocenters. The standard InChI is InChI=1S/C31H38FN3O5S/c1-22-12-17-28(40-5)26(18-22)35(41(6,38)39)21-29(36)34(20-24-13-15-25(32)16-14-24)27(30(37)33-31(2,3)4)19-23-10-8-7-9-11-23/h7-18,27H,19-21H2,1-6H3,(H,33,37)/t27-/m0/s1. The van der Waals surface area contributed by atoms with Gasteiger partial charge in [0, 0.05) is 18.5 Å². The summed E-state index contributed by atoms with van der Waals surface area (Å²) < 4.78 is 46.2. The summed E-state index contributed by atoms with van der Waals surface area (Å²) in [5, 5.41) is 2.97. The average molecular weight is 584 g/mol. The van der Waals surface area contributed by atoms with Gasteiger partial charge in [0.05, 0.1) is 19.1 Å². The topological polar surface area (TPSA) is 96.0 Å². The van der Waals surface area contributed by atoms with E-state index in [1.54, 1.807) is 25.1 Å². The van der Waals surface area contributed by atoms with Gasteiger partial charge in [0.15, 0.2) is 0 Å². The zero-order valence-corrected chi connectivity index (χ0v) is 25.2.